The highest BCUT2D eigenvalue weighted by molar-refractivity contribution is 5.88. The van der Waals surface area contributed by atoms with Crippen LogP contribution in [-0.4, -0.2) is 10.9 Å². The van der Waals surface area contributed by atoms with Crippen molar-refractivity contribution in [2.45, 2.75) is 44.6 Å². The van der Waals surface area contributed by atoms with Gasteiger partial charge in [0.2, 0.25) is 5.91 Å². The minimum atomic E-state index is -0.376. The molecule has 1 heterocycles. The van der Waals surface area contributed by atoms with Crippen LogP contribution in [0.5, 0.6) is 0 Å². The fourth-order valence-corrected chi connectivity index (χ4v) is 3.21. The van der Waals surface area contributed by atoms with Crippen molar-refractivity contribution in [3.05, 3.63) is 53.7 Å². The maximum Gasteiger partial charge on any atom is 0.230 e. The van der Waals surface area contributed by atoms with Gasteiger partial charge in [-0.3, -0.25) is 4.79 Å². The summed E-state index contributed by atoms with van der Waals surface area (Å²) < 4.78 is 5.17. The molecule has 1 amide bonds. The number of rotatable bonds is 4. The Bertz CT molecular complexity index is 613. The van der Waals surface area contributed by atoms with E-state index in [4.69, 9.17) is 4.42 Å². The lowest BCUT2D eigenvalue weighted by molar-refractivity contribution is -0.126. The maximum absolute atomic E-state index is 12.8. The van der Waals surface area contributed by atoms with E-state index in [9.17, 15) is 4.79 Å². The lowest BCUT2D eigenvalue weighted by Gasteiger charge is -2.28. The number of oxazole rings is 1. The number of carbonyl (C=O) groups excluding carboxylic acids is 1. The van der Waals surface area contributed by atoms with Crippen molar-refractivity contribution in [2.24, 2.45) is 0 Å². The fourth-order valence-electron chi connectivity index (χ4n) is 3.21. The number of nitrogens with one attached hydrogen (secondary N) is 1. The van der Waals surface area contributed by atoms with Crippen molar-refractivity contribution in [1.29, 1.82) is 0 Å². The average Bonchev–Trinajstić information content (AvgIpc) is 3.16. The van der Waals surface area contributed by atoms with Gasteiger partial charge >= 0.3 is 0 Å². The number of carbonyl (C=O) groups is 1. The van der Waals surface area contributed by atoms with Crippen molar-refractivity contribution in [3.63, 3.8) is 0 Å². The standard InChI is InChI=1S/C17H20N2O2/c1-13-15(19-12-21-13)11-18-16(20)17(9-5-6-10-17)14-7-3-2-4-8-14/h2-4,7-8,12H,5-6,9-11H2,1H3,(H,18,20). The minimum Gasteiger partial charge on any atom is -0.448 e. The Balaban J connectivity index is 1.78. The van der Waals surface area contributed by atoms with Crippen LogP contribution < -0.4 is 5.32 Å². The molecule has 3 rings (SSSR count). The molecule has 110 valence electrons. The van der Waals surface area contributed by atoms with Crippen molar-refractivity contribution >= 4 is 5.91 Å². The van der Waals surface area contributed by atoms with Crippen molar-refractivity contribution in [1.82, 2.24) is 10.3 Å². The van der Waals surface area contributed by atoms with E-state index in [0.29, 0.717) is 6.54 Å². The summed E-state index contributed by atoms with van der Waals surface area (Å²) in [6.07, 6.45) is 5.46. The van der Waals surface area contributed by atoms with Crippen molar-refractivity contribution in [2.75, 3.05) is 0 Å². The van der Waals surface area contributed by atoms with Crippen LogP contribution in [0.3, 0.4) is 0 Å². The molecule has 1 fully saturated rings. The largest absolute Gasteiger partial charge is 0.448 e. The predicted molar refractivity (Wildman–Crippen MR) is 79.7 cm³/mol. The summed E-state index contributed by atoms with van der Waals surface area (Å²) in [5, 5.41) is 3.05. The van der Waals surface area contributed by atoms with Crippen LogP contribution in [0.1, 0.15) is 42.7 Å². The summed E-state index contributed by atoms with van der Waals surface area (Å²) in [5.41, 5.74) is 1.54. The minimum absolute atomic E-state index is 0.105. The van der Waals surface area contributed by atoms with E-state index in [1.54, 1.807) is 0 Å². The van der Waals surface area contributed by atoms with Crippen molar-refractivity contribution < 1.29 is 9.21 Å². The second kappa shape index (κ2) is 5.72. The highest BCUT2D eigenvalue weighted by Gasteiger charge is 2.42. The number of amides is 1. The number of hydrogen-bond donors (Lipinski definition) is 1. The van der Waals surface area contributed by atoms with Crippen LogP contribution >= 0.6 is 0 Å². The van der Waals surface area contributed by atoms with E-state index in [-0.39, 0.29) is 11.3 Å². The van der Waals surface area contributed by atoms with Crippen LogP contribution in [0.4, 0.5) is 0 Å². The third-order valence-electron chi connectivity index (χ3n) is 4.48. The molecular weight excluding hydrogens is 264 g/mol. The Morgan fingerprint density at radius 2 is 2.00 bits per heavy atom. The molecular formula is C17H20N2O2. The number of aromatic nitrogens is 1. The molecule has 1 saturated carbocycles. The van der Waals surface area contributed by atoms with Gasteiger partial charge in [-0.1, -0.05) is 43.2 Å². The van der Waals surface area contributed by atoms with Crippen LogP contribution in [-0.2, 0) is 16.8 Å². The molecule has 0 unspecified atom stereocenters. The average molecular weight is 284 g/mol. The summed E-state index contributed by atoms with van der Waals surface area (Å²) in [4.78, 5) is 16.9. The Hall–Kier alpha value is -2.10. The van der Waals surface area contributed by atoms with E-state index in [0.717, 1.165) is 42.7 Å². The van der Waals surface area contributed by atoms with Gasteiger partial charge in [-0.25, -0.2) is 4.98 Å². The quantitative estimate of drug-likeness (QED) is 0.938. The van der Waals surface area contributed by atoms with Gasteiger partial charge in [0.15, 0.2) is 6.39 Å². The second-order valence-corrected chi connectivity index (χ2v) is 5.69. The number of nitrogens with zero attached hydrogens (tertiary/aromatic N) is 1. The lowest BCUT2D eigenvalue weighted by Crippen LogP contribution is -2.42. The molecule has 4 heteroatoms. The van der Waals surface area contributed by atoms with Gasteiger partial charge in [0.1, 0.15) is 11.5 Å². The summed E-state index contributed by atoms with van der Waals surface area (Å²) in [7, 11) is 0. The SMILES string of the molecule is Cc1ocnc1CNC(=O)C1(c2ccccc2)CCCC1. The monoisotopic (exact) mass is 284 g/mol. The predicted octanol–water partition coefficient (Wildman–Crippen LogP) is 3.11. The van der Waals surface area contributed by atoms with E-state index >= 15 is 0 Å². The zero-order chi connectivity index (χ0) is 14.7. The van der Waals surface area contributed by atoms with Crippen LogP contribution in [0.2, 0.25) is 0 Å². The Labute approximate surface area is 124 Å². The van der Waals surface area contributed by atoms with E-state index in [1.165, 1.54) is 6.39 Å². The molecule has 0 atom stereocenters. The summed E-state index contributed by atoms with van der Waals surface area (Å²) in [5.74, 6) is 0.865. The number of aryl methyl sites for hydroxylation is 1. The third kappa shape index (κ3) is 2.58. The van der Waals surface area contributed by atoms with Crippen molar-refractivity contribution in [3.8, 4) is 0 Å². The normalized spacial score (nSPS) is 16.8. The smallest absolute Gasteiger partial charge is 0.230 e. The molecule has 0 bridgehead atoms. The van der Waals surface area contributed by atoms with Gasteiger partial charge in [0, 0.05) is 0 Å². The molecule has 0 saturated heterocycles. The highest BCUT2D eigenvalue weighted by Crippen LogP contribution is 2.41. The molecule has 1 aliphatic rings. The molecule has 1 aromatic heterocycles. The first-order valence-electron chi connectivity index (χ1n) is 7.45. The first-order valence-corrected chi connectivity index (χ1v) is 7.45. The third-order valence-corrected chi connectivity index (χ3v) is 4.48. The van der Waals surface area contributed by atoms with Gasteiger partial charge in [0.25, 0.3) is 0 Å². The van der Waals surface area contributed by atoms with E-state index < -0.39 is 0 Å². The Morgan fingerprint density at radius 1 is 1.29 bits per heavy atom. The summed E-state index contributed by atoms with van der Waals surface area (Å²) in [6, 6.07) is 10.1. The molecule has 0 spiro atoms. The van der Waals surface area contributed by atoms with E-state index in [1.807, 2.05) is 25.1 Å². The first-order chi connectivity index (χ1) is 10.2. The van der Waals surface area contributed by atoms with Gasteiger partial charge in [-0.2, -0.15) is 0 Å². The van der Waals surface area contributed by atoms with Crippen LogP contribution in [0, 0.1) is 6.92 Å². The van der Waals surface area contributed by atoms with Gasteiger partial charge in [0.05, 0.1) is 12.0 Å². The molecule has 4 nitrogen and oxygen atoms in total. The van der Waals surface area contributed by atoms with Crippen LogP contribution in [0.25, 0.3) is 0 Å². The summed E-state index contributed by atoms with van der Waals surface area (Å²) >= 11 is 0. The zero-order valence-corrected chi connectivity index (χ0v) is 12.3. The number of benzene rings is 1. The number of hydrogen-bond acceptors (Lipinski definition) is 3. The highest BCUT2D eigenvalue weighted by atomic mass is 16.3. The molecule has 21 heavy (non-hydrogen) atoms. The van der Waals surface area contributed by atoms with Gasteiger partial charge in [-0.05, 0) is 25.3 Å². The molecule has 1 aliphatic carbocycles. The first kappa shape index (κ1) is 13.9. The molecule has 0 aliphatic heterocycles. The Kier molecular flexibility index (Phi) is 3.78. The second-order valence-electron chi connectivity index (χ2n) is 5.69. The molecule has 0 radical (unpaired) electrons. The maximum atomic E-state index is 12.8. The van der Waals surface area contributed by atoms with E-state index in [2.05, 4.69) is 22.4 Å². The van der Waals surface area contributed by atoms with Gasteiger partial charge in [-0.15, -0.1) is 0 Å². The van der Waals surface area contributed by atoms with Gasteiger partial charge < -0.3 is 9.73 Å². The summed E-state index contributed by atoms with van der Waals surface area (Å²) in [6.45, 7) is 2.28. The zero-order valence-electron chi connectivity index (χ0n) is 12.3. The molecule has 2 aromatic rings. The topological polar surface area (TPSA) is 55.1 Å². The van der Waals surface area contributed by atoms with Crippen LogP contribution in [0.15, 0.2) is 41.1 Å². The fraction of sp³-hybridized carbons (Fsp3) is 0.412. The molecule has 1 N–H and O–H groups in total. The molecule has 1 aromatic carbocycles. The Morgan fingerprint density at radius 3 is 2.62 bits per heavy atom. The lowest BCUT2D eigenvalue weighted by atomic mass is 9.78.